The van der Waals surface area contributed by atoms with Gasteiger partial charge in [0.2, 0.25) is 0 Å². The number of hydrazone groups is 1. The molecule has 0 aliphatic carbocycles. The van der Waals surface area contributed by atoms with Gasteiger partial charge in [0.25, 0.3) is 5.91 Å². The van der Waals surface area contributed by atoms with Crippen LogP contribution in [0.1, 0.15) is 44.0 Å². The van der Waals surface area contributed by atoms with Gasteiger partial charge in [-0.2, -0.15) is 5.10 Å². The lowest BCUT2D eigenvalue weighted by atomic mass is 9.99. The highest BCUT2D eigenvalue weighted by molar-refractivity contribution is 6.34. The Bertz CT molecular complexity index is 1470. The molecule has 2 heterocycles. The van der Waals surface area contributed by atoms with Crippen molar-refractivity contribution in [3.05, 3.63) is 122 Å². The van der Waals surface area contributed by atoms with Gasteiger partial charge in [0.15, 0.2) is 0 Å². The number of hydrogen-bond donors (Lipinski definition) is 1. The molecule has 5 rings (SSSR count). The molecule has 1 aromatic heterocycles. The van der Waals surface area contributed by atoms with Crippen molar-refractivity contribution in [3.63, 3.8) is 0 Å². The largest absolute Gasteiger partial charge is 0.316 e. The number of benzene rings is 3. The van der Waals surface area contributed by atoms with E-state index in [0.29, 0.717) is 15.6 Å². The van der Waals surface area contributed by atoms with E-state index in [1.54, 1.807) is 18.3 Å². The zero-order chi connectivity index (χ0) is 25.9. The molecule has 1 amide bonds. The van der Waals surface area contributed by atoms with Crippen molar-refractivity contribution in [3.8, 4) is 5.69 Å². The fraction of sp³-hybridized carbons (Fsp3) is 0.200. The zero-order valence-electron chi connectivity index (χ0n) is 20.8. The second-order valence-electron chi connectivity index (χ2n) is 9.38. The summed E-state index contributed by atoms with van der Waals surface area (Å²) in [5.74, 6) is -0.249. The molecule has 37 heavy (non-hydrogen) atoms. The first kappa shape index (κ1) is 25.3. The average Bonchev–Trinajstić information content (AvgIpc) is 3.18. The Balaban J connectivity index is 1.21. The first-order valence-corrected chi connectivity index (χ1v) is 13.0. The van der Waals surface area contributed by atoms with Crippen LogP contribution in [0.25, 0.3) is 5.69 Å². The summed E-state index contributed by atoms with van der Waals surface area (Å²) in [4.78, 5) is 15.1. The number of aryl methyl sites for hydroxylation is 1. The van der Waals surface area contributed by atoms with Gasteiger partial charge in [-0.05, 0) is 73.4 Å². The monoisotopic (exact) mass is 530 g/mol. The van der Waals surface area contributed by atoms with Crippen LogP contribution < -0.4 is 5.43 Å². The third-order valence-corrected chi connectivity index (χ3v) is 7.38. The topological polar surface area (TPSA) is 49.6 Å². The van der Waals surface area contributed by atoms with Crippen LogP contribution in [0.2, 0.25) is 10.0 Å². The Morgan fingerprint density at radius 3 is 2.54 bits per heavy atom. The van der Waals surface area contributed by atoms with E-state index in [2.05, 4.69) is 39.7 Å². The number of aromatic nitrogens is 1. The van der Waals surface area contributed by atoms with Crippen molar-refractivity contribution in [1.29, 1.82) is 0 Å². The molecule has 188 valence electrons. The summed E-state index contributed by atoms with van der Waals surface area (Å²) in [6.45, 7) is 6.83. The number of amides is 1. The Morgan fingerprint density at radius 2 is 1.76 bits per heavy atom. The van der Waals surface area contributed by atoms with Crippen molar-refractivity contribution in [2.24, 2.45) is 5.10 Å². The molecule has 0 saturated heterocycles. The van der Waals surface area contributed by atoms with Gasteiger partial charge in [0.05, 0.1) is 16.9 Å². The van der Waals surface area contributed by atoms with Crippen molar-refractivity contribution in [2.75, 3.05) is 6.54 Å². The molecule has 1 aliphatic heterocycles. The number of carbonyl (C=O) groups is 1. The molecule has 1 aliphatic rings. The van der Waals surface area contributed by atoms with Crippen molar-refractivity contribution in [2.45, 2.75) is 33.4 Å². The van der Waals surface area contributed by atoms with E-state index in [4.69, 9.17) is 23.2 Å². The van der Waals surface area contributed by atoms with Crippen LogP contribution in [0, 0.1) is 13.8 Å². The van der Waals surface area contributed by atoms with Crippen LogP contribution in [0.4, 0.5) is 0 Å². The summed E-state index contributed by atoms with van der Waals surface area (Å²) >= 11 is 12.6. The summed E-state index contributed by atoms with van der Waals surface area (Å²) in [5.41, 5.74) is 10.9. The average molecular weight is 531 g/mol. The summed E-state index contributed by atoms with van der Waals surface area (Å²) < 4.78 is 2.02. The molecule has 4 aromatic rings. The van der Waals surface area contributed by atoms with Gasteiger partial charge in [-0.1, -0.05) is 59.6 Å². The third kappa shape index (κ3) is 5.64. The first-order valence-electron chi connectivity index (χ1n) is 12.2. The first-order chi connectivity index (χ1) is 17.9. The SMILES string of the molecule is Cc1cc(/C=N\NC(=O)c2ccc(CN3CCc4ccccc4C3)cc2)c(C)n1-c1cc(Cl)ccc1Cl. The van der Waals surface area contributed by atoms with E-state index in [9.17, 15) is 4.79 Å². The molecule has 7 heteroatoms. The van der Waals surface area contributed by atoms with E-state index in [0.717, 1.165) is 48.7 Å². The lowest BCUT2D eigenvalue weighted by Crippen LogP contribution is -2.30. The lowest BCUT2D eigenvalue weighted by Gasteiger charge is -2.28. The summed E-state index contributed by atoms with van der Waals surface area (Å²) in [6.07, 6.45) is 2.72. The number of fused-ring (bicyclic) bond motifs is 1. The zero-order valence-corrected chi connectivity index (χ0v) is 22.4. The summed E-state index contributed by atoms with van der Waals surface area (Å²) in [6, 6.07) is 23.7. The van der Waals surface area contributed by atoms with Gasteiger partial charge in [-0.15, -0.1) is 0 Å². The molecule has 0 fully saturated rings. The molecule has 0 unspecified atom stereocenters. The van der Waals surface area contributed by atoms with Gasteiger partial charge in [-0.3, -0.25) is 9.69 Å². The number of carbonyl (C=O) groups excluding carboxylic acids is 1. The van der Waals surface area contributed by atoms with E-state index in [-0.39, 0.29) is 5.91 Å². The number of rotatable bonds is 6. The van der Waals surface area contributed by atoms with Crippen LogP contribution in [0.15, 0.2) is 77.9 Å². The Labute approximate surface area is 227 Å². The third-order valence-electron chi connectivity index (χ3n) is 6.82. The minimum atomic E-state index is -0.249. The minimum absolute atomic E-state index is 0.249. The number of hydrogen-bond acceptors (Lipinski definition) is 3. The predicted octanol–water partition coefficient (Wildman–Crippen LogP) is 6.72. The normalized spacial score (nSPS) is 13.6. The summed E-state index contributed by atoms with van der Waals surface area (Å²) in [7, 11) is 0. The van der Waals surface area contributed by atoms with Gasteiger partial charge >= 0.3 is 0 Å². The van der Waals surface area contributed by atoms with Crippen LogP contribution in [-0.2, 0) is 19.5 Å². The smallest absolute Gasteiger partial charge is 0.271 e. The molecule has 0 bridgehead atoms. The van der Waals surface area contributed by atoms with Gasteiger partial charge in [-0.25, -0.2) is 5.43 Å². The molecule has 5 nitrogen and oxygen atoms in total. The molecule has 1 N–H and O–H groups in total. The van der Waals surface area contributed by atoms with Gasteiger partial charge in [0.1, 0.15) is 0 Å². The van der Waals surface area contributed by atoms with E-state index >= 15 is 0 Å². The highest BCUT2D eigenvalue weighted by atomic mass is 35.5. The second kappa shape index (κ2) is 10.9. The Hall–Kier alpha value is -3.38. The number of nitrogens with zero attached hydrogens (tertiary/aromatic N) is 3. The minimum Gasteiger partial charge on any atom is -0.316 e. The molecule has 0 spiro atoms. The quantitative estimate of drug-likeness (QED) is 0.222. The number of nitrogens with one attached hydrogen (secondary N) is 1. The Kier molecular flexibility index (Phi) is 7.47. The summed E-state index contributed by atoms with van der Waals surface area (Å²) in [5, 5.41) is 5.42. The van der Waals surface area contributed by atoms with E-state index in [1.807, 2.05) is 54.8 Å². The van der Waals surface area contributed by atoms with Crippen LogP contribution in [-0.4, -0.2) is 28.1 Å². The standard InChI is InChI=1S/C30H28Cl2N4O/c1-20-15-26(21(2)36(20)29-16-27(31)11-12-28(29)32)17-33-34-30(37)24-9-7-22(8-10-24)18-35-14-13-23-5-3-4-6-25(23)19-35/h3-12,15-17H,13-14,18-19H2,1-2H3,(H,34,37)/b33-17-. The van der Waals surface area contributed by atoms with Crippen molar-refractivity contribution >= 4 is 35.3 Å². The maximum Gasteiger partial charge on any atom is 0.271 e. The molecular weight excluding hydrogens is 503 g/mol. The van der Waals surface area contributed by atoms with E-state index < -0.39 is 0 Å². The lowest BCUT2D eigenvalue weighted by molar-refractivity contribution is 0.0955. The molecular formula is C30H28Cl2N4O. The maximum atomic E-state index is 12.7. The van der Waals surface area contributed by atoms with Gasteiger partial charge in [0, 0.05) is 47.2 Å². The highest BCUT2D eigenvalue weighted by Crippen LogP contribution is 2.28. The molecule has 3 aromatic carbocycles. The fourth-order valence-corrected chi connectivity index (χ4v) is 5.25. The molecule has 0 saturated carbocycles. The second-order valence-corrected chi connectivity index (χ2v) is 10.2. The molecule has 0 atom stereocenters. The van der Waals surface area contributed by atoms with Crippen LogP contribution in [0.5, 0.6) is 0 Å². The van der Waals surface area contributed by atoms with E-state index in [1.165, 1.54) is 16.7 Å². The fourth-order valence-electron chi connectivity index (χ4n) is 4.88. The van der Waals surface area contributed by atoms with Crippen LogP contribution in [0.3, 0.4) is 0 Å². The van der Waals surface area contributed by atoms with Crippen LogP contribution >= 0.6 is 23.2 Å². The maximum absolute atomic E-state index is 12.7. The number of halogens is 2. The van der Waals surface area contributed by atoms with Crippen molar-refractivity contribution in [1.82, 2.24) is 14.9 Å². The highest BCUT2D eigenvalue weighted by Gasteiger charge is 2.16. The van der Waals surface area contributed by atoms with Crippen molar-refractivity contribution < 1.29 is 4.79 Å². The van der Waals surface area contributed by atoms with Gasteiger partial charge < -0.3 is 4.57 Å². The molecule has 0 radical (unpaired) electrons. The Morgan fingerprint density at radius 1 is 1.00 bits per heavy atom. The predicted molar refractivity (Wildman–Crippen MR) is 151 cm³/mol.